The van der Waals surface area contributed by atoms with Gasteiger partial charge in [0.15, 0.2) is 0 Å². The predicted octanol–water partition coefficient (Wildman–Crippen LogP) is -3.94. The van der Waals surface area contributed by atoms with Crippen molar-refractivity contribution in [3.8, 4) is 0 Å². The third-order valence-electron chi connectivity index (χ3n) is 2.68. The van der Waals surface area contributed by atoms with Crippen molar-refractivity contribution in [2.45, 2.75) is 19.4 Å². The van der Waals surface area contributed by atoms with E-state index in [0.717, 1.165) is 0 Å². The van der Waals surface area contributed by atoms with Gasteiger partial charge in [-0.1, -0.05) is 0 Å². The molecule has 0 heterocycles. The minimum atomic E-state index is -1.43. The van der Waals surface area contributed by atoms with Crippen LogP contribution in [0.4, 0.5) is 0 Å². The second-order valence-electron chi connectivity index (χ2n) is 4.80. The van der Waals surface area contributed by atoms with Crippen LogP contribution in [0.1, 0.15) is 13.3 Å². The average molecular weight is 359 g/mol. The van der Waals surface area contributed by atoms with Gasteiger partial charge in [0, 0.05) is 14.0 Å². The molecule has 5 amide bonds. The predicted molar refractivity (Wildman–Crippen MR) is 83.0 cm³/mol. The Morgan fingerprint density at radius 1 is 0.840 bits per heavy atom. The lowest BCUT2D eigenvalue weighted by atomic mass is 10.2. The summed E-state index contributed by atoms with van der Waals surface area (Å²) in [5.74, 6) is -4.58. The van der Waals surface area contributed by atoms with Crippen LogP contribution >= 0.6 is 0 Å². The Labute approximate surface area is 143 Å². The monoisotopic (exact) mass is 359 g/mol. The van der Waals surface area contributed by atoms with E-state index in [4.69, 9.17) is 5.11 Å². The third-order valence-corrected chi connectivity index (χ3v) is 2.68. The molecule has 0 saturated heterocycles. The van der Waals surface area contributed by atoms with Crippen molar-refractivity contribution >= 4 is 35.5 Å². The van der Waals surface area contributed by atoms with E-state index in [1.165, 1.54) is 14.0 Å². The lowest BCUT2D eigenvalue weighted by Gasteiger charge is -2.16. The van der Waals surface area contributed by atoms with E-state index in [1.54, 1.807) is 0 Å². The van der Waals surface area contributed by atoms with E-state index in [9.17, 15) is 28.8 Å². The van der Waals surface area contributed by atoms with Gasteiger partial charge in [0.05, 0.1) is 26.1 Å². The summed E-state index contributed by atoms with van der Waals surface area (Å²) in [6.45, 7) is -0.0256. The maximum Gasteiger partial charge on any atom is 0.305 e. The van der Waals surface area contributed by atoms with Crippen LogP contribution in [0.5, 0.6) is 0 Å². The lowest BCUT2D eigenvalue weighted by molar-refractivity contribution is -0.140. The van der Waals surface area contributed by atoms with E-state index < -0.39 is 61.1 Å². The Morgan fingerprint density at radius 2 is 1.40 bits per heavy atom. The number of amides is 5. The van der Waals surface area contributed by atoms with Crippen molar-refractivity contribution in [1.29, 1.82) is 0 Å². The molecule has 0 rings (SSSR count). The van der Waals surface area contributed by atoms with Gasteiger partial charge < -0.3 is 31.7 Å². The number of carbonyl (C=O) groups is 6. The summed E-state index contributed by atoms with van der Waals surface area (Å²) in [6, 6.07) is -1.43. The molecule has 12 nitrogen and oxygen atoms in total. The Kier molecular flexibility index (Phi) is 9.92. The highest BCUT2D eigenvalue weighted by molar-refractivity contribution is 5.94. The van der Waals surface area contributed by atoms with E-state index in [-0.39, 0.29) is 6.54 Å². The first kappa shape index (κ1) is 21.8. The van der Waals surface area contributed by atoms with Gasteiger partial charge in [0.25, 0.3) is 0 Å². The van der Waals surface area contributed by atoms with Crippen molar-refractivity contribution in [2.24, 2.45) is 0 Å². The summed E-state index contributed by atoms with van der Waals surface area (Å²) in [5.41, 5.74) is 0. The standard InChI is InChI=1S/C13H21N5O7/c1-7(19)15-6-11(22)18-8(3-12(23)24)13(25)17-5-10(21)16-4-9(20)14-2/h8H,3-6H2,1-2H3,(H,14,20)(H,15,19)(H,16,21)(H,17,25)(H,18,22)(H,23,24). The summed E-state index contributed by atoms with van der Waals surface area (Å²) in [4.78, 5) is 67.4. The van der Waals surface area contributed by atoms with Crippen LogP contribution in [0.3, 0.4) is 0 Å². The quantitative estimate of drug-likeness (QED) is 0.230. The first-order valence-corrected chi connectivity index (χ1v) is 7.16. The zero-order valence-electron chi connectivity index (χ0n) is 13.8. The van der Waals surface area contributed by atoms with Gasteiger partial charge in [0.2, 0.25) is 29.5 Å². The molecule has 0 aromatic heterocycles. The molecule has 0 radical (unpaired) electrons. The van der Waals surface area contributed by atoms with Gasteiger partial charge >= 0.3 is 5.97 Å². The number of carboxylic acids is 1. The van der Waals surface area contributed by atoms with Crippen molar-refractivity contribution in [3.63, 3.8) is 0 Å². The fraction of sp³-hybridized carbons (Fsp3) is 0.538. The van der Waals surface area contributed by atoms with Crippen LogP contribution in [0.15, 0.2) is 0 Å². The van der Waals surface area contributed by atoms with Gasteiger partial charge in [-0.25, -0.2) is 0 Å². The molecule has 0 bridgehead atoms. The number of nitrogens with one attached hydrogen (secondary N) is 5. The van der Waals surface area contributed by atoms with E-state index in [1.807, 2.05) is 0 Å². The van der Waals surface area contributed by atoms with Crippen LogP contribution < -0.4 is 26.6 Å². The fourth-order valence-electron chi connectivity index (χ4n) is 1.45. The number of rotatable bonds is 10. The Hall–Kier alpha value is -3.18. The average Bonchev–Trinajstić information content (AvgIpc) is 2.54. The van der Waals surface area contributed by atoms with Crippen molar-refractivity contribution in [2.75, 3.05) is 26.7 Å². The SMILES string of the molecule is CNC(=O)CNC(=O)CNC(=O)C(CC(=O)O)NC(=O)CNC(C)=O. The molecule has 0 aromatic rings. The van der Waals surface area contributed by atoms with Crippen molar-refractivity contribution in [1.82, 2.24) is 26.6 Å². The molecule has 0 aliphatic heterocycles. The zero-order valence-corrected chi connectivity index (χ0v) is 13.8. The minimum Gasteiger partial charge on any atom is -0.481 e. The fourth-order valence-corrected chi connectivity index (χ4v) is 1.45. The Bertz CT molecular complexity index is 549. The van der Waals surface area contributed by atoms with Gasteiger partial charge in [-0.2, -0.15) is 0 Å². The van der Waals surface area contributed by atoms with Crippen LogP contribution in [-0.2, 0) is 28.8 Å². The maximum atomic E-state index is 11.9. The summed E-state index contributed by atoms with van der Waals surface area (Å²) < 4.78 is 0. The van der Waals surface area contributed by atoms with Gasteiger partial charge in [-0.15, -0.1) is 0 Å². The van der Waals surface area contributed by atoms with Gasteiger partial charge in [-0.05, 0) is 0 Å². The minimum absolute atomic E-state index is 0.281. The lowest BCUT2D eigenvalue weighted by Crippen LogP contribution is -2.52. The van der Waals surface area contributed by atoms with Crippen molar-refractivity contribution in [3.05, 3.63) is 0 Å². The molecule has 140 valence electrons. The first-order chi connectivity index (χ1) is 11.6. The molecule has 6 N–H and O–H groups in total. The molecule has 1 unspecified atom stereocenters. The van der Waals surface area contributed by atoms with Crippen LogP contribution in [0, 0.1) is 0 Å². The molecular weight excluding hydrogens is 338 g/mol. The normalized spacial score (nSPS) is 10.8. The number of aliphatic carboxylic acids is 1. The molecule has 0 saturated carbocycles. The van der Waals surface area contributed by atoms with Gasteiger partial charge in [0.1, 0.15) is 6.04 Å². The third kappa shape index (κ3) is 11.1. The number of carbonyl (C=O) groups excluding carboxylic acids is 5. The number of carboxylic acid groups (broad SMARTS) is 1. The van der Waals surface area contributed by atoms with E-state index in [0.29, 0.717) is 0 Å². The Balaban J connectivity index is 4.50. The number of likely N-dealkylation sites (N-methyl/N-ethyl adjacent to an activating group) is 1. The topological polar surface area (TPSA) is 183 Å². The molecule has 1 atom stereocenters. The van der Waals surface area contributed by atoms with E-state index in [2.05, 4.69) is 26.6 Å². The second kappa shape index (κ2) is 11.4. The van der Waals surface area contributed by atoms with Crippen molar-refractivity contribution < 1.29 is 33.9 Å². The largest absolute Gasteiger partial charge is 0.481 e. The number of hydrogen-bond acceptors (Lipinski definition) is 6. The number of hydrogen-bond donors (Lipinski definition) is 6. The summed E-state index contributed by atoms with van der Waals surface area (Å²) in [6.07, 6.45) is -0.711. The van der Waals surface area contributed by atoms with Crippen LogP contribution in [0.25, 0.3) is 0 Å². The molecular formula is C13H21N5O7. The molecule has 0 spiro atoms. The summed E-state index contributed by atoms with van der Waals surface area (Å²) >= 11 is 0. The van der Waals surface area contributed by atoms with E-state index >= 15 is 0 Å². The highest BCUT2D eigenvalue weighted by atomic mass is 16.4. The molecule has 0 aromatic carbocycles. The first-order valence-electron chi connectivity index (χ1n) is 7.16. The van der Waals surface area contributed by atoms with Crippen LogP contribution in [-0.4, -0.2) is 73.3 Å². The summed E-state index contributed by atoms with van der Waals surface area (Å²) in [7, 11) is 1.39. The Morgan fingerprint density at radius 3 is 1.92 bits per heavy atom. The van der Waals surface area contributed by atoms with Crippen LogP contribution in [0.2, 0.25) is 0 Å². The second-order valence-corrected chi connectivity index (χ2v) is 4.80. The molecule has 0 aliphatic rings. The highest BCUT2D eigenvalue weighted by Gasteiger charge is 2.24. The molecule has 0 fully saturated rings. The molecule has 0 aliphatic carbocycles. The summed E-state index contributed by atoms with van der Waals surface area (Å²) in [5, 5.41) is 19.8. The maximum absolute atomic E-state index is 11.9. The van der Waals surface area contributed by atoms with Gasteiger partial charge in [-0.3, -0.25) is 28.8 Å². The molecule has 12 heteroatoms. The smallest absolute Gasteiger partial charge is 0.305 e. The molecule has 25 heavy (non-hydrogen) atoms. The zero-order chi connectivity index (χ0) is 19.4. The highest BCUT2D eigenvalue weighted by Crippen LogP contribution is 1.93.